The lowest BCUT2D eigenvalue weighted by molar-refractivity contribution is -0.156. The summed E-state index contributed by atoms with van der Waals surface area (Å²) >= 11 is 0. The maximum Gasteiger partial charge on any atom is 0.410 e. The molecule has 1 aliphatic heterocycles. The second kappa shape index (κ2) is 14.1. The molecule has 0 spiro atoms. The Morgan fingerprint density at radius 3 is 2.14 bits per heavy atom. The number of hydrogen-bond donors (Lipinski definition) is 1. The van der Waals surface area contributed by atoms with E-state index in [0.29, 0.717) is 0 Å². The fourth-order valence-electron chi connectivity index (χ4n) is 4.14. The van der Waals surface area contributed by atoms with Gasteiger partial charge in [0.2, 0.25) is 17.5 Å². The second-order valence-corrected chi connectivity index (χ2v) is 10.7. The smallest absolute Gasteiger partial charge is 0.410 e. The molecule has 1 N–H and O–H groups in total. The molecule has 0 aromatic heterocycles. The summed E-state index contributed by atoms with van der Waals surface area (Å²) in [6.07, 6.45) is -0.719. The molecule has 1 aliphatic rings. The summed E-state index contributed by atoms with van der Waals surface area (Å²) in [4.78, 5) is 52.3. The number of nitrogens with zero attached hydrogens (tertiary/aromatic N) is 1. The predicted octanol–water partition coefficient (Wildman–Crippen LogP) is 4.46. The van der Waals surface area contributed by atoms with Crippen LogP contribution in [0.25, 0.3) is 0 Å². The number of piperidine rings is 1. The van der Waals surface area contributed by atoms with Crippen LogP contribution in [0.2, 0.25) is 0 Å². The molecule has 2 aromatic rings. The van der Waals surface area contributed by atoms with E-state index in [1.165, 1.54) is 4.90 Å². The lowest BCUT2D eigenvalue weighted by atomic mass is 9.95. The molecule has 228 valence electrons. The van der Waals surface area contributed by atoms with Crippen LogP contribution in [0, 0.1) is 29.2 Å². The van der Waals surface area contributed by atoms with Gasteiger partial charge in [0, 0.05) is 25.1 Å². The van der Waals surface area contributed by atoms with Crippen LogP contribution in [0.15, 0.2) is 36.4 Å². The van der Waals surface area contributed by atoms with Crippen LogP contribution in [-0.4, -0.2) is 60.0 Å². The standard InChI is InChI=1S/C29H32F4N2O7/c1-29(2,3)42-23(37)14-21(22(36)16-40-26-24(32)19(30)13-20(31)25(26)33)34-27(38)18-9-11-35(12-10-18)28(39)41-15-17-7-5-4-6-8-17/h4-8,13,18,21H,9-12,14-16H2,1-3H3,(H,34,38)/t21-/m0/s1. The Hall–Kier alpha value is -4.16. The third-order valence-electron chi connectivity index (χ3n) is 6.26. The minimum Gasteiger partial charge on any atom is -0.479 e. The van der Waals surface area contributed by atoms with Gasteiger partial charge in [0.1, 0.15) is 24.9 Å². The molecule has 9 nitrogen and oxygen atoms in total. The van der Waals surface area contributed by atoms with Crippen molar-refractivity contribution in [3.8, 4) is 5.75 Å². The molecule has 42 heavy (non-hydrogen) atoms. The second-order valence-electron chi connectivity index (χ2n) is 10.7. The molecule has 1 saturated heterocycles. The first kappa shape index (κ1) is 32.4. The first-order chi connectivity index (χ1) is 19.7. The van der Waals surface area contributed by atoms with Crippen molar-refractivity contribution in [2.45, 2.75) is 58.3 Å². The van der Waals surface area contributed by atoms with Crippen molar-refractivity contribution < 1.29 is 51.0 Å². The molecule has 2 aromatic carbocycles. The van der Waals surface area contributed by atoms with E-state index in [-0.39, 0.29) is 38.6 Å². The molecular weight excluding hydrogens is 564 g/mol. The molecule has 13 heteroatoms. The fraction of sp³-hybridized carbons (Fsp3) is 0.448. The summed E-state index contributed by atoms with van der Waals surface area (Å²) < 4.78 is 70.2. The van der Waals surface area contributed by atoms with E-state index < -0.39 is 83.4 Å². The summed E-state index contributed by atoms with van der Waals surface area (Å²) in [6.45, 7) is 4.14. The Labute approximate surface area is 240 Å². The number of nitrogens with one attached hydrogen (secondary N) is 1. The normalized spacial score (nSPS) is 14.6. The number of carbonyl (C=O) groups excluding carboxylic acids is 4. The van der Waals surface area contributed by atoms with E-state index in [9.17, 15) is 36.7 Å². The number of benzene rings is 2. The minimum atomic E-state index is -1.84. The SMILES string of the molecule is CC(C)(C)OC(=O)C[C@H](NC(=O)C1CCN(C(=O)OCc2ccccc2)CC1)C(=O)COc1c(F)c(F)cc(F)c1F. The van der Waals surface area contributed by atoms with Gasteiger partial charge in [0.05, 0.1) is 6.42 Å². The highest BCUT2D eigenvalue weighted by atomic mass is 19.2. The third-order valence-corrected chi connectivity index (χ3v) is 6.26. The number of ether oxygens (including phenoxy) is 3. The van der Waals surface area contributed by atoms with Crippen molar-refractivity contribution in [3.05, 3.63) is 65.2 Å². The van der Waals surface area contributed by atoms with Crippen molar-refractivity contribution in [3.63, 3.8) is 0 Å². The molecule has 0 radical (unpaired) electrons. The molecule has 2 amide bonds. The van der Waals surface area contributed by atoms with Gasteiger partial charge in [-0.25, -0.2) is 13.6 Å². The van der Waals surface area contributed by atoms with Crippen LogP contribution in [-0.2, 0) is 30.5 Å². The average Bonchev–Trinajstić information content (AvgIpc) is 2.94. The topological polar surface area (TPSA) is 111 Å². The molecule has 0 aliphatic carbocycles. The first-order valence-corrected chi connectivity index (χ1v) is 13.2. The van der Waals surface area contributed by atoms with E-state index in [2.05, 4.69) is 5.32 Å². The minimum absolute atomic E-state index is 0.0147. The van der Waals surface area contributed by atoms with Crippen LogP contribution in [0.3, 0.4) is 0 Å². The number of carbonyl (C=O) groups is 4. The van der Waals surface area contributed by atoms with Crippen LogP contribution in [0.5, 0.6) is 5.75 Å². The van der Waals surface area contributed by atoms with Crippen molar-refractivity contribution in [2.24, 2.45) is 5.92 Å². The molecule has 1 atom stereocenters. The Morgan fingerprint density at radius 2 is 1.57 bits per heavy atom. The number of rotatable bonds is 10. The zero-order valence-corrected chi connectivity index (χ0v) is 23.4. The highest BCUT2D eigenvalue weighted by molar-refractivity contribution is 5.93. The van der Waals surface area contributed by atoms with Crippen molar-refractivity contribution in [2.75, 3.05) is 19.7 Å². The molecule has 0 saturated carbocycles. The van der Waals surface area contributed by atoms with Gasteiger partial charge in [-0.05, 0) is 39.2 Å². The van der Waals surface area contributed by atoms with E-state index >= 15 is 0 Å². The number of ketones is 1. The molecule has 0 bridgehead atoms. The fourth-order valence-corrected chi connectivity index (χ4v) is 4.14. The number of Topliss-reactive ketones (excluding diaryl/α,β-unsaturated/α-hetero) is 1. The van der Waals surface area contributed by atoms with Gasteiger partial charge in [-0.2, -0.15) is 8.78 Å². The van der Waals surface area contributed by atoms with Crippen molar-refractivity contribution in [1.82, 2.24) is 10.2 Å². The predicted molar refractivity (Wildman–Crippen MR) is 140 cm³/mol. The van der Waals surface area contributed by atoms with Crippen molar-refractivity contribution >= 4 is 23.8 Å². The van der Waals surface area contributed by atoms with Crippen LogP contribution in [0.4, 0.5) is 22.4 Å². The molecule has 0 unspecified atom stereocenters. The monoisotopic (exact) mass is 596 g/mol. The highest BCUT2D eigenvalue weighted by Crippen LogP contribution is 2.26. The van der Waals surface area contributed by atoms with Gasteiger partial charge in [-0.1, -0.05) is 30.3 Å². The Bertz CT molecular complexity index is 1270. The summed E-state index contributed by atoms with van der Waals surface area (Å²) in [5.41, 5.74) is -0.101. The lowest BCUT2D eigenvalue weighted by Crippen LogP contribution is -2.49. The van der Waals surface area contributed by atoms with E-state index in [1.807, 2.05) is 30.3 Å². The van der Waals surface area contributed by atoms with Crippen molar-refractivity contribution in [1.29, 1.82) is 0 Å². The molecular formula is C29H32F4N2O7. The summed E-state index contributed by atoms with van der Waals surface area (Å²) in [6, 6.07) is 7.55. The molecule has 1 heterocycles. The maximum atomic E-state index is 14.0. The molecule has 1 fully saturated rings. The largest absolute Gasteiger partial charge is 0.479 e. The van der Waals surface area contributed by atoms with E-state index in [0.717, 1.165) is 5.56 Å². The van der Waals surface area contributed by atoms with Crippen LogP contribution >= 0.6 is 0 Å². The highest BCUT2D eigenvalue weighted by Gasteiger charge is 2.33. The quantitative estimate of drug-likeness (QED) is 0.245. The van der Waals surface area contributed by atoms with Gasteiger partial charge in [-0.15, -0.1) is 0 Å². The number of esters is 1. The summed E-state index contributed by atoms with van der Waals surface area (Å²) in [5.74, 6) is -11.7. The summed E-state index contributed by atoms with van der Waals surface area (Å²) in [5, 5.41) is 2.44. The van der Waals surface area contributed by atoms with Crippen LogP contribution in [0.1, 0.15) is 45.6 Å². The van der Waals surface area contributed by atoms with E-state index in [1.54, 1.807) is 20.8 Å². The Kier molecular flexibility index (Phi) is 10.9. The van der Waals surface area contributed by atoms with Crippen LogP contribution < -0.4 is 10.1 Å². The maximum absolute atomic E-state index is 14.0. The van der Waals surface area contributed by atoms with Gasteiger partial charge < -0.3 is 24.4 Å². The molecule has 3 rings (SSSR count). The van der Waals surface area contributed by atoms with Gasteiger partial charge in [0.25, 0.3) is 0 Å². The van der Waals surface area contributed by atoms with Gasteiger partial charge in [0.15, 0.2) is 23.2 Å². The number of halogens is 4. The van der Waals surface area contributed by atoms with Gasteiger partial charge >= 0.3 is 12.1 Å². The zero-order chi connectivity index (χ0) is 31.0. The average molecular weight is 597 g/mol. The number of amides is 2. The van der Waals surface area contributed by atoms with E-state index in [4.69, 9.17) is 14.2 Å². The first-order valence-electron chi connectivity index (χ1n) is 13.2. The lowest BCUT2D eigenvalue weighted by Gasteiger charge is -2.31. The third kappa shape index (κ3) is 9.18. The summed E-state index contributed by atoms with van der Waals surface area (Å²) in [7, 11) is 0. The Morgan fingerprint density at radius 1 is 0.976 bits per heavy atom. The zero-order valence-electron chi connectivity index (χ0n) is 23.4. The van der Waals surface area contributed by atoms with Gasteiger partial charge in [-0.3, -0.25) is 14.4 Å². The Balaban J connectivity index is 1.61. The number of likely N-dealkylation sites (tertiary alicyclic amines) is 1. The number of hydrogen-bond acceptors (Lipinski definition) is 7.